The van der Waals surface area contributed by atoms with Crippen LogP contribution in [0.2, 0.25) is 0 Å². The molecule has 0 aliphatic heterocycles. The summed E-state index contributed by atoms with van der Waals surface area (Å²) in [7, 11) is 0. The van der Waals surface area contributed by atoms with Crippen molar-refractivity contribution in [3.63, 3.8) is 0 Å². The molecular formula is C27H27NO7. The minimum absolute atomic E-state index is 0.0771. The highest BCUT2D eigenvalue weighted by atomic mass is 16.5. The number of carbonyl (C=O) groups excluding carboxylic acids is 4. The topological polar surface area (TPSA) is 101 Å². The van der Waals surface area contributed by atoms with Gasteiger partial charge < -0.3 is 14.2 Å². The van der Waals surface area contributed by atoms with Gasteiger partial charge in [-0.15, -0.1) is 0 Å². The fourth-order valence-corrected chi connectivity index (χ4v) is 3.68. The van der Waals surface area contributed by atoms with E-state index in [1.54, 1.807) is 75.4 Å². The molecule has 3 rings (SSSR count). The number of rotatable bonds is 8. The molecule has 3 aromatic rings. The molecule has 0 radical (unpaired) electrons. The Labute approximate surface area is 203 Å². The predicted molar refractivity (Wildman–Crippen MR) is 129 cm³/mol. The molecule has 2 aromatic carbocycles. The Morgan fingerprint density at radius 3 is 1.51 bits per heavy atom. The van der Waals surface area contributed by atoms with E-state index in [2.05, 4.69) is 0 Å². The van der Waals surface area contributed by atoms with E-state index in [1.165, 1.54) is 11.5 Å². The first kappa shape index (κ1) is 25.4. The Hall–Kier alpha value is -4.20. The van der Waals surface area contributed by atoms with Gasteiger partial charge in [0.2, 0.25) is 5.91 Å². The fraction of sp³-hybridized carbons (Fsp3) is 0.259. The summed E-state index contributed by atoms with van der Waals surface area (Å²) >= 11 is 0. The van der Waals surface area contributed by atoms with Gasteiger partial charge in [-0.1, -0.05) is 24.3 Å². The zero-order valence-electron chi connectivity index (χ0n) is 20.1. The minimum atomic E-state index is -0.638. The maximum absolute atomic E-state index is 12.7. The van der Waals surface area contributed by atoms with Gasteiger partial charge >= 0.3 is 17.9 Å². The predicted octanol–water partition coefficient (Wildman–Crippen LogP) is 5.01. The molecular weight excluding hydrogens is 450 g/mol. The summed E-state index contributed by atoms with van der Waals surface area (Å²) in [6.45, 7) is 7.15. The van der Waals surface area contributed by atoms with E-state index in [0.717, 1.165) is 0 Å². The lowest BCUT2D eigenvalue weighted by Crippen LogP contribution is -2.17. The van der Waals surface area contributed by atoms with Crippen LogP contribution in [-0.2, 0) is 14.2 Å². The van der Waals surface area contributed by atoms with Crippen LogP contribution in [0.1, 0.15) is 63.7 Å². The normalized spacial score (nSPS) is 10.5. The van der Waals surface area contributed by atoms with Crippen LogP contribution >= 0.6 is 0 Å². The maximum Gasteiger partial charge on any atom is 0.355 e. The summed E-state index contributed by atoms with van der Waals surface area (Å²) in [5.74, 6) is -1.92. The van der Waals surface area contributed by atoms with Crippen molar-refractivity contribution in [2.45, 2.75) is 27.7 Å². The first-order chi connectivity index (χ1) is 16.8. The van der Waals surface area contributed by atoms with E-state index in [9.17, 15) is 19.2 Å². The largest absolute Gasteiger partial charge is 0.462 e. The molecule has 1 aromatic heterocycles. The lowest BCUT2D eigenvalue weighted by atomic mass is 9.99. The Balaban J connectivity index is 2.19. The standard InChI is InChI=1S/C27H27NO7/c1-5-33-25(30)20-12-8-18(9-13-20)22-16-23(27(32)35-7-3)28(17(4)29)24(22)19-10-14-21(15-11-19)26(31)34-6-2/h8-16H,5-7H2,1-4H3. The summed E-state index contributed by atoms with van der Waals surface area (Å²) in [5, 5.41) is 0. The molecule has 8 heteroatoms. The van der Waals surface area contributed by atoms with Gasteiger partial charge in [0.05, 0.1) is 36.6 Å². The highest BCUT2D eigenvalue weighted by molar-refractivity contribution is 6.01. The lowest BCUT2D eigenvalue weighted by molar-refractivity contribution is 0.0505. The second-order valence-electron chi connectivity index (χ2n) is 7.46. The third-order valence-corrected chi connectivity index (χ3v) is 5.18. The number of hydrogen-bond donors (Lipinski definition) is 0. The first-order valence-electron chi connectivity index (χ1n) is 11.3. The molecule has 0 saturated carbocycles. The van der Waals surface area contributed by atoms with E-state index in [4.69, 9.17) is 14.2 Å². The summed E-state index contributed by atoms with van der Waals surface area (Å²) in [4.78, 5) is 49.5. The molecule has 35 heavy (non-hydrogen) atoms. The van der Waals surface area contributed by atoms with Crippen LogP contribution in [0.3, 0.4) is 0 Å². The van der Waals surface area contributed by atoms with Crippen molar-refractivity contribution in [1.82, 2.24) is 4.57 Å². The molecule has 0 aliphatic carbocycles. The van der Waals surface area contributed by atoms with Crippen molar-refractivity contribution in [3.05, 3.63) is 71.4 Å². The monoisotopic (exact) mass is 477 g/mol. The number of ether oxygens (including phenoxy) is 3. The van der Waals surface area contributed by atoms with E-state index >= 15 is 0 Å². The minimum Gasteiger partial charge on any atom is -0.462 e. The van der Waals surface area contributed by atoms with Gasteiger partial charge in [0, 0.05) is 12.5 Å². The Bertz CT molecular complexity index is 1240. The average molecular weight is 478 g/mol. The highest BCUT2D eigenvalue weighted by Crippen LogP contribution is 2.36. The second-order valence-corrected chi connectivity index (χ2v) is 7.46. The molecule has 0 unspecified atom stereocenters. The van der Waals surface area contributed by atoms with Crippen molar-refractivity contribution in [2.24, 2.45) is 0 Å². The van der Waals surface area contributed by atoms with Gasteiger partial charge in [0.15, 0.2) is 0 Å². The van der Waals surface area contributed by atoms with E-state index in [1.807, 2.05) is 0 Å². The van der Waals surface area contributed by atoms with E-state index in [-0.39, 0.29) is 31.4 Å². The van der Waals surface area contributed by atoms with Crippen LogP contribution in [0.5, 0.6) is 0 Å². The number of carbonyl (C=O) groups is 4. The number of hydrogen-bond acceptors (Lipinski definition) is 7. The zero-order chi connectivity index (χ0) is 25.5. The third kappa shape index (κ3) is 5.48. The van der Waals surface area contributed by atoms with Gasteiger partial charge in [-0.05, 0) is 62.2 Å². The molecule has 0 bridgehead atoms. The Morgan fingerprint density at radius 1 is 0.657 bits per heavy atom. The van der Waals surface area contributed by atoms with E-state index < -0.39 is 17.9 Å². The summed E-state index contributed by atoms with van der Waals surface area (Å²) in [5.41, 5.74) is 3.15. The van der Waals surface area contributed by atoms with Crippen LogP contribution in [0.25, 0.3) is 22.4 Å². The van der Waals surface area contributed by atoms with Gasteiger partial charge in [-0.3, -0.25) is 9.36 Å². The lowest BCUT2D eigenvalue weighted by Gasteiger charge is -2.12. The van der Waals surface area contributed by atoms with Crippen molar-refractivity contribution in [2.75, 3.05) is 19.8 Å². The van der Waals surface area contributed by atoms with Gasteiger partial charge in [0.25, 0.3) is 0 Å². The number of esters is 3. The fourth-order valence-electron chi connectivity index (χ4n) is 3.68. The number of aromatic nitrogens is 1. The van der Waals surface area contributed by atoms with E-state index in [0.29, 0.717) is 33.5 Å². The van der Waals surface area contributed by atoms with Crippen molar-refractivity contribution in [1.29, 1.82) is 0 Å². The molecule has 0 saturated heterocycles. The molecule has 0 aliphatic rings. The van der Waals surface area contributed by atoms with Crippen LogP contribution in [0, 0.1) is 0 Å². The van der Waals surface area contributed by atoms with Gasteiger partial charge in [-0.2, -0.15) is 0 Å². The summed E-state index contributed by atoms with van der Waals surface area (Å²) < 4.78 is 16.6. The Morgan fingerprint density at radius 2 is 1.09 bits per heavy atom. The SMILES string of the molecule is CCOC(=O)c1ccc(-c2cc(C(=O)OCC)n(C(C)=O)c2-c2ccc(C(=O)OCC)cc2)cc1. The molecule has 0 amide bonds. The van der Waals surface area contributed by atoms with Gasteiger partial charge in [-0.25, -0.2) is 14.4 Å². The third-order valence-electron chi connectivity index (χ3n) is 5.18. The highest BCUT2D eigenvalue weighted by Gasteiger charge is 2.25. The maximum atomic E-state index is 12.7. The van der Waals surface area contributed by atoms with Crippen LogP contribution in [-0.4, -0.2) is 48.2 Å². The summed E-state index contributed by atoms with van der Waals surface area (Å²) in [6.07, 6.45) is 0. The number of benzene rings is 2. The molecule has 0 N–H and O–H groups in total. The smallest absolute Gasteiger partial charge is 0.355 e. The average Bonchev–Trinajstić information content (AvgIpc) is 3.26. The zero-order valence-corrected chi connectivity index (χ0v) is 20.1. The molecule has 0 spiro atoms. The Kier molecular flexibility index (Phi) is 8.20. The second kappa shape index (κ2) is 11.3. The summed E-state index contributed by atoms with van der Waals surface area (Å²) in [6, 6.07) is 14.8. The van der Waals surface area contributed by atoms with Gasteiger partial charge in [0.1, 0.15) is 5.69 Å². The first-order valence-corrected chi connectivity index (χ1v) is 11.3. The van der Waals surface area contributed by atoms with Crippen LogP contribution < -0.4 is 0 Å². The number of nitrogens with zero attached hydrogens (tertiary/aromatic N) is 1. The van der Waals surface area contributed by atoms with Crippen LogP contribution in [0.15, 0.2) is 54.6 Å². The molecule has 8 nitrogen and oxygen atoms in total. The van der Waals surface area contributed by atoms with Crippen molar-refractivity contribution >= 4 is 23.8 Å². The van der Waals surface area contributed by atoms with Crippen LogP contribution in [0.4, 0.5) is 0 Å². The molecule has 0 atom stereocenters. The molecule has 182 valence electrons. The molecule has 1 heterocycles. The molecule has 0 fully saturated rings. The van der Waals surface area contributed by atoms with Crippen molar-refractivity contribution < 1.29 is 33.4 Å². The van der Waals surface area contributed by atoms with Crippen molar-refractivity contribution in [3.8, 4) is 22.4 Å². The quantitative estimate of drug-likeness (QED) is 0.332.